The molecule has 0 saturated heterocycles. The van der Waals surface area contributed by atoms with E-state index >= 15 is 0 Å². The lowest BCUT2D eigenvalue weighted by Gasteiger charge is -2.12. The molecule has 4 heteroatoms. The largest absolute Gasteiger partial charge is 0.370 e. The maximum Gasteiger partial charge on any atom is 0.138 e. The van der Waals surface area contributed by atoms with Gasteiger partial charge in [-0.15, -0.1) is 11.3 Å². The fraction of sp³-hybridized carbons (Fsp3) is 0.571. The molecule has 0 atom stereocenters. The molecular formula is C14H19N3S. The van der Waals surface area contributed by atoms with E-state index in [0.717, 1.165) is 24.6 Å². The standard InChI is InChI=1S/C14H19N3S/c1-3-11-16-13(15-4-2)12-9-7-5-6-8-10(9)18-14(12)17-11/h3-8H2,1-2H3,(H,15,16,17). The first kappa shape index (κ1) is 11.9. The number of hydrogen-bond acceptors (Lipinski definition) is 4. The lowest BCUT2D eigenvalue weighted by atomic mass is 9.97. The molecule has 0 aromatic carbocycles. The summed E-state index contributed by atoms with van der Waals surface area (Å²) < 4.78 is 0. The maximum absolute atomic E-state index is 4.71. The van der Waals surface area contributed by atoms with E-state index in [1.165, 1.54) is 46.3 Å². The molecule has 0 amide bonds. The number of nitrogens with one attached hydrogen (secondary N) is 1. The van der Waals surface area contributed by atoms with Crippen LogP contribution in [0, 0.1) is 0 Å². The van der Waals surface area contributed by atoms with Crippen molar-refractivity contribution in [1.29, 1.82) is 0 Å². The second-order valence-electron chi connectivity index (χ2n) is 4.76. The van der Waals surface area contributed by atoms with Crippen molar-refractivity contribution in [3.05, 3.63) is 16.3 Å². The normalized spacial score (nSPS) is 14.8. The lowest BCUT2D eigenvalue weighted by Crippen LogP contribution is -2.05. The van der Waals surface area contributed by atoms with Gasteiger partial charge in [-0.05, 0) is 38.2 Å². The van der Waals surface area contributed by atoms with Crippen LogP contribution in [-0.4, -0.2) is 16.5 Å². The Morgan fingerprint density at radius 1 is 1.17 bits per heavy atom. The predicted molar refractivity (Wildman–Crippen MR) is 77.6 cm³/mol. The Bertz CT molecular complexity index is 574. The van der Waals surface area contributed by atoms with Crippen LogP contribution in [-0.2, 0) is 19.3 Å². The van der Waals surface area contributed by atoms with Gasteiger partial charge in [0.05, 0.1) is 5.39 Å². The molecule has 3 nitrogen and oxygen atoms in total. The Kier molecular flexibility index (Phi) is 3.20. The van der Waals surface area contributed by atoms with Crippen LogP contribution in [0.2, 0.25) is 0 Å². The summed E-state index contributed by atoms with van der Waals surface area (Å²) in [5.41, 5.74) is 1.51. The van der Waals surface area contributed by atoms with E-state index in [1.54, 1.807) is 0 Å². The number of fused-ring (bicyclic) bond motifs is 3. The van der Waals surface area contributed by atoms with Gasteiger partial charge in [0.1, 0.15) is 16.5 Å². The van der Waals surface area contributed by atoms with Crippen molar-refractivity contribution in [2.45, 2.75) is 46.0 Å². The summed E-state index contributed by atoms with van der Waals surface area (Å²) in [4.78, 5) is 12.1. The van der Waals surface area contributed by atoms with E-state index in [1.807, 2.05) is 11.3 Å². The van der Waals surface area contributed by atoms with Gasteiger partial charge in [-0.2, -0.15) is 0 Å². The van der Waals surface area contributed by atoms with Crippen LogP contribution in [0.1, 0.15) is 43.0 Å². The van der Waals surface area contributed by atoms with E-state index in [4.69, 9.17) is 4.98 Å². The third kappa shape index (κ3) is 1.88. The Morgan fingerprint density at radius 2 is 2.00 bits per heavy atom. The zero-order chi connectivity index (χ0) is 12.5. The number of rotatable bonds is 3. The fourth-order valence-corrected chi connectivity index (χ4v) is 3.94. The molecule has 2 aromatic rings. The second kappa shape index (κ2) is 4.84. The molecule has 0 spiro atoms. The Morgan fingerprint density at radius 3 is 2.78 bits per heavy atom. The van der Waals surface area contributed by atoms with Crippen molar-refractivity contribution in [3.8, 4) is 0 Å². The molecule has 2 heterocycles. The first-order valence-corrected chi connectivity index (χ1v) is 7.70. The Labute approximate surface area is 112 Å². The lowest BCUT2D eigenvalue weighted by molar-refractivity contribution is 0.700. The summed E-state index contributed by atoms with van der Waals surface area (Å²) in [6.07, 6.45) is 5.95. The summed E-state index contributed by atoms with van der Waals surface area (Å²) in [5.74, 6) is 2.01. The van der Waals surface area contributed by atoms with Gasteiger partial charge in [-0.3, -0.25) is 0 Å². The van der Waals surface area contributed by atoms with Crippen LogP contribution < -0.4 is 5.32 Å². The zero-order valence-electron chi connectivity index (χ0n) is 11.0. The molecule has 3 rings (SSSR count). The molecule has 0 fully saturated rings. The third-order valence-electron chi connectivity index (χ3n) is 3.52. The summed E-state index contributed by atoms with van der Waals surface area (Å²) in [6, 6.07) is 0. The molecule has 0 unspecified atom stereocenters. The van der Waals surface area contributed by atoms with Crippen molar-refractivity contribution in [2.24, 2.45) is 0 Å². The molecule has 0 aliphatic heterocycles. The van der Waals surface area contributed by atoms with Crippen molar-refractivity contribution in [1.82, 2.24) is 9.97 Å². The molecule has 96 valence electrons. The molecule has 1 N–H and O–H groups in total. The molecule has 0 saturated carbocycles. The quantitative estimate of drug-likeness (QED) is 0.918. The first-order valence-electron chi connectivity index (χ1n) is 6.88. The number of thiophene rings is 1. The van der Waals surface area contributed by atoms with Crippen LogP contribution >= 0.6 is 11.3 Å². The van der Waals surface area contributed by atoms with Gasteiger partial charge < -0.3 is 5.32 Å². The van der Waals surface area contributed by atoms with Gasteiger partial charge in [0.15, 0.2) is 0 Å². The van der Waals surface area contributed by atoms with Crippen LogP contribution in [0.5, 0.6) is 0 Å². The van der Waals surface area contributed by atoms with Gasteiger partial charge in [0.25, 0.3) is 0 Å². The highest BCUT2D eigenvalue weighted by molar-refractivity contribution is 7.19. The summed E-state index contributed by atoms with van der Waals surface area (Å²) in [7, 11) is 0. The van der Waals surface area contributed by atoms with Gasteiger partial charge in [-0.25, -0.2) is 9.97 Å². The minimum Gasteiger partial charge on any atom is -0.370 e. The van der Waals surface area contributed by atoms with Crippen molar-refractivity contribution in [2.75, 3.05) is 11.9 Å². The highest BCUT2D eigenvalue weighted by Crippen LogP contribution is 2.38. The van der Waals surface area contributed by atoms with Gasteiger partial charge >= 0.3 is 0 Å². The van der Waals surface area contributed by atoms with Crippen LogP contribution in [0.4, 0.5) is 5.82 Å². The first-order chi connectivity index (χ1) is 8.83. The highest BCUT2D eigenvalue weighted by atomic mass is 32.1. The topological polar surface area (TPSA) is 37.8 Å². The predicted octanol–water partition coefficient (Wildman–Crippen LogP) is 3.56. The molecule has 1 aliphatic rings. The summed E-state index contributed by atoms with van der Waals surface area (Å²) in [6.45, 7) is 5.16. The number of aryl methyl sites for hydroxylation is 3. The van der Waals surface area contributed by atoms with Crippen molar-refractivity contribution >= 4 is 27.4 Å². The number of hydrogen-bond donors (Lipinski definition) is 1. The fourth-order valence-electron chi connectivity index (χ4n) is 2.66. The van der Waals surface area contributed by atoms with E-state index in [-0.39, 0.29) is 0 Å². The second-order valence-corrected chi connectivity index (χ2v) is 5.85. The number of nitrogens with zero attached hydrogens (tertiary/aromatic N) is 2. The minimum absolute atomic E-state index is 0.900. The van der Waals surface area contributed by atoms with E-state index in [9.17, 15) is 0 Å². The Hall–Kier alpha value is -1.16. The molecular weight excluding hydrogens is 242 g/mol. The number of anilines is 1. The average Bonchev–Trinajstić information content (AvgIpc) is 2.77. The monoisotopic (exact) mass is 261 g/mol. The molecule has 2 aromatic heterocycles. The zero-order valence-corrected chi connectivity index (χ0v) is 11.9. The SMILES string of the molecule is CCNc1nc(CC)nc2sc3c(c12)CCCC3. The van der Waals surface area contributed by atoms with E-state index in [2.05, 4.69) is 24.1 Å². The van der Waals surface area contributed by atoms with Gasteiger partial charge in [0.2, 0.25) is 0 Å². The molecule has 0 bridgehead atoms. The van der Waals surface area contributed by atoms with E-state index in [0.29, 0.717) is 0 Å². The van der Waals surface area contributed by atoms with Gasteiger partial charge in [-0.1, -0.05) is 6.92 Å². The van der Waals surface area contributed by atoms with Gasteiger partial charge in [0, 0.05) is 17.8 Å². The maximum atomic E-state index is 4.71. The minimum atomic E-state index is 0.900. The van der Waals surface area contributed by atoms with Crippen molar-refractivity contribution < 1.29 is 0 Å². The Balaban J connectivity index is 2.24. The van der Waals surface area contributed by atoms with Crippen LogP contribution in [0.3, 0.4) is 0 Å². The summed E-state index contributed by atoms with van der Waals surface area (Å²) >= 11 is 1.88. The van der Waals surface area contributed by atoms with E-state index < -0.39 is 0 Å². The highest BCUT2D eigenvalue weighted by Gasteiger charge is 2.20. The molecule has 0 radical (unpaired) electrons. The molecule has 1 aliphatic carbocycles. The van der Waals surface area contributed by atoms with Crippen LogP contribution in [0.15, 0.2) is 0 Å². The summed E-state index contributed by atoms with van der Waals surface area (Å²) in [5, 5.41) is 4.72. The smallest absolute Gasteiger partial charge is 0.138 e. The molecule has 18 heavy (non-hydrogen) atoms. The average molecular weight is 261 g/mol. The third-order valence-corrected chi connectivity index (χ3v) is 4.71. The van der Waals surface area contributed by atoms with Crippen LogP contribution in [0.25, 0.3) is 10.2 Å². The number of aromatic nitrogens is 2. The van der Waals surface area contributed by atoms with Crippen molar-refractivity contribution in [3.63, 3.8) is 0 Å².